The van der Waals surface area contributed by atoms with Crippen molar-refractivity contribution < 1.29 is 22.3 Å². The lowest BCUT2D eigenvalue weighted by molar-refractivity contribution is -0.141. The number of ether oxygens (including phenoxy) is 1. The van der Waals surface area contributed by atoms with Crippen LogP contribution in [0.3, 0.4) is 0 Å². The van der Waals surface area contributed by atoms with Crippen molar-refractivity contribution in [3.05, 3.63) is 105 Å². The Balaban J connectivity index is 1.12. The molecule has 1 fully saturated rings. The SMILES string of the molecule is C=C1COc2cc(C3=C(F)N=C(C4C5CC5c5nc(-c6cc(Cl)ccc6-n6cc(C(F)(F)F)nn6)cc(=O)n54)C3)ccc2C1. The Labute approximate surface area is 252 Å². The van der Waals surface area contributed by atoms with Crippen LogP contribution in [0.5, 0.6) is 5.75 Å². The Morgan fingerprint density at radius 3 is 2.73 bits per heavy atom. The van der Waals surface area contributed by atoms with Crippen molar-refractivity contribution in [2.75, 3.05) is 6.61 Å². The number of fused-ring (bicyclic) bond motifs is 4. The Kier molecular flexibility index (Phi) is 5.80. The number of nitrogens with zero attached hydrogens (tertiary/aromatic N) is 6. The van der Waals surface area contributed by atoms with Gasteiger partial charge in [-0.1, -0.05) is 35.5 Å². The van der Waals surface area contributed by atoms with Gasteiger partial charge in [0.25, 0.3) is 5.56 Å². The highest BCUT2D eigenvalue weighted by atomic mass is 35.5. The molecule has 5 heterocycles. The van der Waals surface area contributed by atoms with Crippen molar-refractivity contribution in [1.82, 2.24) is 24.5 Å². The number of aromatic nitrogens is 5. The first-order chi connectivity index (χ1) is 21.0. The van der Waals surface area contributed by atoms with E-state index in [0.717, 1.165) is 28.4 Å². The summed E-state index contributed by atoms with van der Waals surface area (Å²) in [6.07, 6.45) is -2.20. The molecule has 1 saturated carbocycles. The number of aliphatic imine (C=N–C) groups is 1. The first-order valence-electron chi connectivity index (χ1n) is 13.9. The van der Waals surface area contributed by atoms with Crippen LogP contribution in [-0.4, -0.2) is 36.9 Å². The summed E-state index contributed by atoms with van der Waals surface area (Å²) in [5.74, 6) is 0.655. The molecule has 0 bridgehead atoms. The maximum absolute atomic E-state index is 15.3. The highest BCUT2D eigenvalue weighted by molar-refractivity contribution is 6.31. The van der Waals surface area contributed by atoms with E-state index in [1.807, 2.05) is 18.2 Å². The monoisotopic (exact) mass is 620 g/mol. The zero-order valence-electron chi connectivity index (χ0n) is 22.8. The highest BCUT2D eigenvalue weighted by Gasteiger charge is 2.56. The second-order valence-electron chi connectivity index (χ2n) is 11.5. The molecule has 3 unspecified atom stereocenters. The van der Waals surface area contributed by atoms with Crippen LogP contribution < -0.4 is 10.3 Å². The molecule has 0 N–H and O–H groups in total. The molecular weight excluding hydrogens is 600 g/mol. The smallest absolute Gasteiger partial charge is 0.436 e. The predicted octanol–water partition coefficient (Wildman–Crippen LogP) is 6.50. The summed E-state index contributed by atoms with van der Waals surface area (Å²) in [5.41, 5.74) is 2.90. The van der Waals surface area contributed by atoms with Crippen LogP contribution >= 0.6 is 11.6 Å². The minimum Gasteiger partial charge on any atom is -0.489 e. The van der Waals surface area contributed by atoms with E-state index in [1.165, 1.54) is 24.3 Å². The molecule has 0 saturated heterocycles. The molecule has 1 aliphatic carbocycles. The Hall–Kier alpha value is -4.58. The van der Waals surface area contributed by atoms with Gasteiger partial charge in [0, 0.05) is 46.7 Å². The molecule has 4 aliphatic rings. The first kappa shape index (κ1) is 27.0. The molecule has 222 valence electrons. The quantitative estimate of drug-likeness (QED) is 0.148. The minimum atomic E-state index is -4.67. The van der Waals surface area contributed by atoms with Gasteiger partial charge in [-0.05, 0) is 53.3 Å². The molecule has 44 heavy (non-hydrogen) atoms. The molecule has 3 atom stereocenters. The summed E-state index contributed by atoms with van der Waals surface area (Å²) in [4.78, 5) is 22.7. The standard InChI is InChI=1S/C31H21ClF4N6O2/c1-14-6-16-3-2-15(7-25(16)44-13-14)18-10-23(37-29(18)33)28-19-9-20(19)30-38-22(11-27(43)42(28)30)21-8-17(32)4-5-24(21)41-12-26(39-40-41)31(34,35)36/h2-5,7-8,11-12,19-20,28H,1,6,9-10,13H2. The van der Waals surface area contributed by atoms with Gasteiger partial charge in [0.05, 0.1) is 23.6 Å². The van der Waals surface area contributed by atoms with Crippen LogP contribution in [0.25, 0.3) is 22.5 Å². The van der Waals surface area contributed by atoms with Crippen molar-refractivity contribution in [2.24, 2.45) is 10.9 Å². The van der Waals surface area contributed by atoms with E-state index in [-0.39, 0.29) is 35.2 Å². The lowest BCUT2D eigenvalue weighted by atomic mass is 9.95. The van der Waals surface area contributed by atoms with E-state index in [9.17, 15) is 18.0 Å². The highest BCUT2D eigenvalue weighted by Crippen LogP contribution is 2.60. The summed E-state index contributed by atoms with van der Waals surface area (Å²) >= 11 is 6.25. The third kappa shape index (κ3) is 4.30. The fourth-order valence-electron chi connectivity index (χ4n) is 6.46. The number of allylic oxidation sites excluding steroid dienone is 1. The molecule has 8 rings (SSSR count). The molecule has 0 amide bonds. The van der Waals surface area contributed by atoms with E-state index in [4.69, 9.17) is 21.3 Å². The molecule has 8 nitrogen and oxygen atoms in total. The van der Waals surface area contributed by atoms with Crippen LogP contribution in [0.1, 0.15) is 47.4 Å². The summed E-state index contributed by atoms with van der Waals surface area (Å²) in [6, 6.07) is 11.0. The summed E-state index contributed by atoms with van der Waals surface area (Å²) in [6.45, 7) is 4.39. The molecular formula is C31H21ClF4N6O2. The molecule has 2 aromatic heterocycles. The summed E-state index contributed by atoms with van der Waals surface area (Å²) < 4.78 is 63.3. The van der Waals surface area contributed by atoms with Crippen LogP contribution in [0.15, 0.2) is 76.6 Å². The Morgan fingerprint density at radius 1 is 1.09 bits per heavy atom. The zero-order chi connectivity index (χ0) is 30.5. The van der Waals surface area contributed by atoms with Crippen LogP contribution in [0.2, 0.25) is 5.02 Å². The second-order valence-corrected chi connectivity index (χ2v) is 11.9. The van der Waals surface area contributed by atoms with Crippen LogP contribution in [0.4, 0.5) is 17.6 Å². The van der Waals surface area contributed by atoms with Gasteiger partial charge in [-0.3, -0.25) is 9.36 Å². The largest absolute Gasteiger partial charge is 0.489 e. The number of hydrogen-bond acceptors (Lipinski definition) is 6. The first-order valence-corrected chi connectivity index (χ1v) is 14.2. The lowest BCUT2D eigenvalue weighted by Gasteiger charge is -2.20. The summed E-state index contributed by atoms with van der Waals surface area (Å²) in [5, 5.41) is 7.18. The Bertz CT molecular complexity index is 2050. The molecule has 0 radical (unpaired) electrons. The van der Waals surface area contributed by atoms with Crippen molar-refractivity contribution >= 4 is 22.9 Å². The lowest BCUT2D eigenvalue weighted by Crippen LogP contribution is -2.30. The van der Waals surface area contributed by atoms with Crippen molar-refractivity contribution in [1.29, 1.82) is 0 Å². The average Bonchev–Trinajstić information content (AvgIpc) is 3.28. The molecule has 3 aliphatic heterocycles. The maximum atomic E-state index is 15.3. The number of alkyl halides is 3. The number of rotatable bonds is 4. The fraction of sp³-hybridized carbons (Fsp3) is 0.258. The van der Waals surface area contributed by atoms with E-state index in [2.05, 4.69) is 21.9 Å². The second kappa shape index (κ2) is 9.46. The van der Waals surface area contributed by atoms with Gasteiger partial charge in [-0.15, -0.1) is 5.10 Å². The van der Waals surface area contributed by atoms with Gasteiger partial charge in [0.2, 0.25) is 5.95 Å². The fourth-order valence-corrected chi connectivity index (χ4v) is 6.63. The molecule has 0 spiro atoms. The van der Waals surface area contributed by atoms with Crippen LogP contribution in [0, 0.1) is 5.92 Å². The third-order valence-corrected chi connectivity index (χ3v) is 8.81. The van der Waals surface area contributed by atoms with E-state index in [0.29, 0.717) is 52.0 Å². The number of hydrogen-bond donors (Lipinski definition) is 0. The van der Waals surface area contributed by atoms with Gasteiger partial charge in [-0.25, -0.2) is 14.7 Å². The van der Waals surface area contributed by atoms with Crippen LogP contribution in [-0.2, 0) is 12.6 Å². The third-order valence-electron chi connectivity index (χ3n) is 8.58. The number of halogens is 5. The normalized spacial score (nSPS) is 22.0. The van der Waals surface area contributed by atoms with Crippen molar-refractivity contribution in [2.45, 2.75) is 37.4 Å². The van der Waals surface area contributed by atoms with Gasteiger partial charge >= 0.3 is 6.18 Å². The van der Waals surface area contributed by atoms with E-state index < -0.39 is 23.9 Å². The van der Waals surface area contributed by atoms with Gasteiger partial charge < -0.3 is 4.74 Å². The number of benzene rings is 2. The predicted molar refractivity (Wildman–Crippen MR) is 154 cm³/mol. The van der Waals surface area contributed by atoms with Gasteiger partial charge in [0.1, 0.15) is 18.2 Å². The van der Waals surface area contributed by atoms with Gasteiger partial charge in [0.15, 0.2) is 5.69 Å². The maximum Gasteiger partial charge on any atom is 0.436 e. The molecule has 2 aromatic carbocycles. The van der Waals surface area contributed by atoms with E-state index in [1.54, 1.807) is 4.57 Å². The molecule has 13 heteroatoms. The minimum absolute atomic E-state index is 0.0291. The van der Waals surface area contributed by atoms with Crippen molar-refractivity contribution in [3.8, 4) is 22.7 Å². The Morgan fingerprint density at radius 2 is 1.93 bits per heavy atom. The topological polar surface area (TPSA) is 87.2 Å². The van der Waals surface area contributed by atoms with Gasteiger partial charge in [-0.2, -0.15) is 17.6 Å². The molecule has 4 aromatic rings. The van der Waals surface area contributed by atoms with Crippen molar-refractivity contribution in [3.63, 3.8) is 0 Å². The average molecular weight is 621 g/mol. The van der Waals surface area contributed by atoms with E-state index >= 15 is 4.39 Å². The zero-order valence-corrected chi connectivity index (χ0v) is 23.5. The summed E-state index contributed by atoms with van der Waals surface area (Å²) in [7, 11) is 0.